The largest absolute Gasteiger partial charge is 0.507 e. The minimum Gasteiger partial charge on any atom is -0.507 e. The number of hydrazone groups is 1. The van der Waals surface area contributed by atoms with Gasteiger partial charge in [0.2, 0.25) is 0 Å². The average molecular weight is 321 g/mol. The third-order valence-electron chi connectivity index (χ3n) is 4.10. The summed E-state index contributed by atoms with van der Waals surface area (Å²) in [6.07, 6.45) is 1.65. The average Bonchev–Trinajstić information content (AvgIpc) is 2.86. The molecule has 2 N–H and O–H groups in total. The number of amides is 1. The summed E-state index contributed by atoms with van der Waals surface area (Å²) < 4.78 is 2.21. The molecular formula is C19H19N3O2. The number of phenols is 1. The molecule has 3 rings (SSSR count). The van der Waals surface area contributed by atoms with Crippen LogP contribution in [0.5, 0.6) is 5.75 Å². The van der Waals surface area contributed by atoms with Crippen molar-refractivity contribution in [2.75, 3.05) is 0 Å². The van der Waals surface area contributed by atoms with Gasteiger partial charge in [-0.3, -0.25) is 4.79 Å². The maximum absolute atomic E-state index is 12.1. The Morgan fingerprint density at radius 2 is 1.92 bits per heavy atom. The minimum atomic E-state index is -0.443. The van der Waals surface area contributed by atoms with Gasteiger partial charge in [0.05, 0.1) is 11.8 Å². The van der Waals surface area contributed by atoms with Crippen molar-refractivity contribution in [3.8, 4) is 5.75 Å². The molecule has 0 saturated carbocycles. The number of para-hydroxylation sites is 2. The van der Waals surface area contributed by atoms with Gasteiger partial charge >= 0.3 is 0 Å². The number of carbonyl (C=O) groups excluding carboxylic acids is 1. The number of phenolic OH excluding ortho intramolecular Hbond substituents is 1. The van der Waals surface area contributed by atoms with Gasteiger partial charge in [-0.2, -0.15) is 5.10 Å². The number of rotatable bonds is 4. The monoisotopic (exact) mass is 321 g/mol. The molecule has 0 aliphatic rings. The van der Waals surface area contributed by atoms with E-state index in [1.807, 2.05) is 25.1 Å². The van der Waals surface area contributed by atoms with Gasteiger partial charge in [0.25, 0.3) is 5.91 Å². The highest BCUT2D eigenvalue weighted by Crippen LogP contribution is 2.24. The van der Waals surface area contributed by atoms with E-state index >= 15 is 0 Å². The van der Waals surface area contributed by atoms with E-state index in [4.69, 9.17) is 0 Å². The Balaban J connectivity index is 1.88. The van der Waals surface area contributed by atoms with Crippen LogP contribution in [0.25, 0.3) is 10.9 Å². The van der Waals surface area contributed by atoms with Gasteiger partial charge in [0.1, 0.15) is 5.75 Å². The topological polar surface area (TPSA) is 66.6 Å². The van der Waals surface area contributed by atoms with Gasteiger partial charge in [0, 0.05) is 28.7 Å². The second-order valence-electron chi connectivity index (χ2n) is 5.48. The Labute approximate surface area is 140 Å². The molecule has 5 heteroatoms. The van der Waals surface area contributed by atoms with Crippen LogP contribution in [0.15, 0.2) is 53.6 Å². The van der Waals surface area contributed by atoms with E-state index in [2.05, 4.69) is 28.1 Å². The molecule has 0 atom stereocenters. The molecule has 1 aromatic heterocycles. The lowest BCUT2D eigenvalue weighted by Gasteiger charge is -2.03. The Kier molecular flexibility index (Phi) is 4.33. The first-order chi connectivity index (χ1) is 11.6. The molecule has 0 radical (unpaired) electrons. The number of nitrogens with one attached hydrogen (secondary N) is 1. The third kappa shape index (κ3) is 2.76. The molecule has 24 heavy (non-hydrogen) atoms. The fraction of sp³-hybridized carbons (Fsp3) is 0.158. The van der Waals surface area contributed by atoms with Gasteiger partial charge < -0.3 is 9.67 Å². The van der Waals surface area contributed by atoms with E-state index in [0.29, 0.717) is 0 Å². The molecule has 5 nitrogen and oxygen atoms in total. The van der Waals surface area contributed by atoms with Crippen LogP contribution < -0.4 is 5.43 Å². The van der Waals surface area contributed by atoms with E-state index < -0.39 is 5.91 Å². The summed E-state index contributed by atoms with van der Waals surface area (Å²) >= 11 is 0. The predicted molar refractivity (Wildman–Crippen MR) is 95.5 cm³/mol. The second kappa shape index (κ2) is 6.58. The zero-order valence-electron chi connectivity index (χ0n) is 13.7. The van der Waals surface area contributed by atoms with Crippen molar-refractivity contribution in [1.29, 1.82) is 0 Å². The molecule has 0 saturated heterocycles. The van der Waals surface area contributed by atoms with E-state index in [1.54, 1.807) is 24.4 Å². The van der Waals surface area contributed by atoms with Crippen molar-refractivity contribution < 1.29 is 9.90 Å². The minimum absolute atomic E-state index is 0.0658. The van der Waals surface area contributed by atoms with E-state index in [9.17, 15) is 9.90 Å². The standard InChI is InChI=1S/C19H19N3O2/c1-3-22-13(2)16(14-8-4-6-10-17(14)22)12-20-21-19(24)15-9-5-7-11-18(15)23/h4-12,23H,3H2,1-2H3,(H,21,24)/b20-12-. The number of benzene rings is 2. The maximum Gasteiger partial charge on any atom is 0.275 e. The summed E-state index contributed by atoms with van der Waals surface area (Å²) in [5.41, 5.74) is 5.88. The SMILES string of the molecule is CCn1c(C)c(/C=N\NC(=O)c2ccccc2O)c2ccccc21. The third-order valence-corrected chi connectivity index (χ3v) is 4.10. The number of nitrogens with zero attached hydrogens (tertiary/aromatic N) is 2. The highest BCUT2D eigenvalue weighted by atomic mass is 16.3. The molecule has 0 aliphatic carbocycles. The molecule has 0 fully saturated rings. The number of fused-ring (bicyclic) bond motifs is 1. The van der Waals surface area contributed by atoms with Gasteiger partial charge in [0.15, 0.2) is 0 Å². The quantitative estimate of drug-likeness (QED) is 0.571. The second-order valence-corrected chi connectivity index (χ2v) is 5.48. The zero-order chi connectivity index (χ0) is 17.1. The lowest BCUT2D eigenvalue weighted by atomic mass is 10.1. The fourth-order valence-corrected chi connectivity index (χ4v) is 2.91. The lowest BCUT2D eigenvalue weighted by Crippen LogP contribution is -2.17. The molecule has 1 amide bonds. The highest BCUT2D eigenvalue weighted by Gasteiger charge is 2.12. The highest BCUT2D eigenvalue weighted by molar-refractivity contribution is 6.02. The molecule has 122 valence electrons. The summed E-state index contributed by atoms with van der Waals surface area (Å²) in [6.45, 7) is 5.00. The molecule has 1 heterocycles. The van der Waals surface area contributed by atoms with E-state index in [0.717, 1.165) is 28.7 Å². The summed E-state index contributed by atoms with van der Waals surface area (Å²) in [6, 6.07) is 14.5. The number of hydrogen-bond acceptors (Lipinski definition) is 3. The molecule has 0 unspecified atom stereocenters. The van der Waals surface area contributed by atoms with Crippen molar-refractivity contribution in [2.45, 2.75) is 20.4 Å². The van der Waals surface area contributed by atoms with Gasteiger partial charge in [-0.25, -0.2) is 5.43 Å². The summed E-state index contributed by atoms with van der Waals surface area (Å²) in [4.78, 5) is 12.1. The van der Waals surface area contributed by atoms with Crippen LogP contribution in [0.4, 0.5) is 0 Å². The molecule has 0 spiro atoms. The number of aryl methyl sites for hydroxylation is 1. The Bertz CT molecular complexity index is 926. The fourth-order valence-electron chi connectivity index (χ4n) is 2.91. The maximum atomic E-state index is 12.1. The van der Waals surface area contributed by atoms with Crippen molar-refractivity contribution in [3.63, 3.8) is 0 Å². The zero-order valence-corrected chi connectivity index (χ0v) is 13.7. The Morgan fingerprint density at radius 3 is 2.67 bits per heavy atom. The Hall–Kier alpha value is -3.08. The molecule has 0 aliphatic heterocycles. The summed E-state index contributed by atoms with van der Waals surface area (Å²) in [7, 11) is 0. The Morgan fingerprint density at radius 1 is 1.21 bits per heavy atom. The van der Waals surface area contributed by atoms with Crippen LogP contribution in [-0.4, -0.2) is 21.8 Å². The molecule has 3 aromatic rings. The van der Waals surface area contributed by atoms with Crippen molar-refractivity contribution in [1.82, 2.24) is 9.99 Å². The first-order valence-corrected chi connectivity index (χ1v) is 7.82. The van der Waals surface area contributed by atoms with Crippen LogP contribution in [0, 0.1) is 6.92 Å². The van der Waals surface area contributed by atoms with Crippen molar-refractivity contribution in [3.05, 3.63) is 65.4 Å². The van der Waals surface area contributed by atoms with Crippen LogP contribution in [-0.2, 0) is 6.54 Å². The van der Waals surface area contributed by atoms with Gasteiger partial charge in [-0.15, -0.1) is 0 Å². The van der Waals surface area contributed by atoms with Crippen molar-refractivity contribution >= 4 is 23.0 Å². The predicted octanol–water partition coefficient (Wildman–Crippen LogP) is 3.44. The first kappa shape index (κ1) is 15.8. The summed E-state index contributed by atoms with van der Waals surface area (Å²) in [5, 5.41) is 14.9. The van der Waals surface area contributed by atoms with E-state index in [-0.39, 0.29) is 11.3 Å². The normalized spacial score (nSPS) is 11.2. The van der Waals surface area contributed by atoms with Crippen LogP contribution in [0.3, 0.4) is 0 Å². The van der Waals surface area contributed by atoms with Crippen LogP contribution in [0.2, 0.25) is 0 Å². The number of aromatic nitrogens is 1. The first-order valence-electron chi connectivity index (χ1n) is 7.82. The number of aromatic hydroxyl groups is 1. The summed E-state index contributed by atoms with van der Waals surface area (Å²) in [5.74, 6) is -0.509. The lowest BCUT2D eigenvalue weighted by molar-refractivity contribution is 0.0952. The van der Waals surface area contributed by atoms with E-state index in [1.165, 1.54) is 6.07 Å². The molecule has 2 aromatic carbocycles. The number of hydrogen-bond donors (Lipinski definition) is 2. The van der Waals surface area contributed by atoms with Gasteiger partial charge in [-0.05, 0) is 32.0 Å². The molecular weight excluding hydrogens is 302 g/mol. The molecule has 0 bridgehead atoms. The van der Waals surface area contributed by atoms with Crippen molar-refractivity contribution in [2.24, 2.45) is 5.10 Å². The van der Waals surface area contributed by atoms with Crippen LogP contribution >= 0.6 is 0 Å². The van der Waals surface area contributed by atoms with Crippen LogP contribution in [0.1, 0.15) is 28.5 Å². The smallest absolute Gasteiger partial charge is 0.275 e. The van der Waals surface area contributed by atoms with Gasteiger partial charge in [-0.1, -0.05) is 30.3 Å². The number of carbonyl (C=O) groups is 1.